The van der Waals surface area contributed by atoms with Gasteiger partial charge in [0.1, 0.15) is 17.4 Å². The van der Waals surface area contributed by atoms with Gasteiger partial charge in [0.2, 0.25) is 23.6 Å². The molecule has 3 amide bonds. The van der Waals surface area contributed by atoms with Crippen molar-refractivity contribution >= 4 is 17.7 Å². The lowest BCUT2D eigenvalue weighted by Gasteiger charge is -2.26. The second-order valence-electron chi connectivity index (χ2n) is 11.1. The van der Waals surface area contributed by atoms with Crippen molar-refractivity contribution in [2.75, 3.05) is 27.8 Å². The van der Waals surface area contributed by atoms with Crippen LogP contribution in [0.4, 0.5) is 0 Å². The van der Waals surface area contributed by atoms with Crippen molar-refractivity contribution in [2.45, 2.75) is 50.2 Å². The summed E-state index contributed by atoms with van der Waals surface area (Å²) in [4.78, 5) is 50.1. The van der Waals surface area contributed by atoms with E-state index in [9.17, 15) is 14.4 Å². The number of primary amides is 1. The van der Waals surface area contributed by atoms with E-state index in [-0.39, 0.29) is 36.0 Å². The molecule has 1 aromatic heterocycles. The van der Waals surface area contributed by atoms with Gasteiger partial charge >= 0.3 is 6.01 Å². The first-order valence-corrected chi connectivity index (χ1v) is 14.0. The van der Waals surface area contributed by atoms with Crippen LogP contribution in [0.25, 0.3) is 11.3 Å². The summed E-state index contributed by atoms with van der Waals surface area (Å²) in [5.41, 5.74) is 6.05. The maximum absolute atomic E-state index is 13.6. The summed E-state index contributed by atoms with van der Waals surface area (Å²) >= 11 is 0. The Balaban J connectivity index is 1.39. The second-order valence-corrected chi connectivity index (χ2v) is 11.1. The maximum Gasteiger partial charge on any atom is 0.320 e. The number of nitrogens with zero attached hydrogens (tertiary/aromatic N) is 3. The molecule has 0 saturated heterocycles. The fourth-order valence-electron chi connectivity index (χ4n) is 5.87. The number of carbonyl (C=O) groups is 3. The molecule has 3 N–H and O–H groups in total. The number of methoxy groups -OCH3 is 2. The molecule has 2 aliphatic carbocycles. The van der Waals surface area contributed by atoms with Crippen LogP contribution in [-0.4, -0.2) is 72.0 Å². The van der Waals surface area contributed by atoms with E-state index in [4.69, 9.17) is 19.9 Å². The zero-order chi connectivity index (χ0) is 29.1. The SMILES string of the molecule is COc1ccc(-c2cc(OC3CC4C(=O)NC5(C(N)=O)CC5C=CCCCCN(C)C(=O)C4C3)nc(OC)n2)cc1. The van der Waals surface area contributed by atoms with Gasteiger partial charge in [-0.2, -0.15) is 9.97 Å². The molecule has 2 heterocycles. The average Bonchev–Trinajstić information content (AvgIpc) is 3.51. The van der Waals surface area contributed by atoms with Crippen LogP contribution in [0, 0.1) is 17.8 Å². The summed E-state index contributed by atoms with van der Waals surface area (Å²) < 4.78 is 16.9. The Bertz CT molecular complexity index is 1330. The van der Waals surface area contributed by atoms with Crippen LogP contribution in [0.2, 0.25) is 0 Å². The zero-order valence-corrected chi connectivity index (χ0v) is 23.7. The van der Waals surface area contributed by atoms with Crippen LogP contribution in [0.3, 0.4) is 0 Å². The fraction of sp³-hybridized carbons (Fsp3) is 0.500. The van der Waals surface area contributed by atoms with Gasteiger partial charge in [0.15, 0.2) is 0 Å². The van der Waals surface area contributed by atoms with Crippen molar-refractivity contribution in [1.29, 1.82) is 0 Å². The molecule has 5 atom stereocenters. The quantitative estimate of drug-likeness (QED) is 0.510. The molecule has 0 bridgehead atoms. The average molecular weight is 564 g/mol. The fourth-order valence-corrected chi connectivity index (χ4v) is 5.87. The number of aromatic nitrogens is 2. The van der Waals surface area contributed by atoms with Crippen molar-refractivity contribution in [3.05, 3.63) is 42.5 Å². The lowest BCUT2D eigenvalue weighted by atomic mass is 9.93. The van der Waals surface area contributed by atoms with Crippen LogP contribution in [0.1, 0.15) is 38.5 Å². The van der Waals surface area contributed by atoms with Crippen molar-refractivity contribution in [1.82, 2.24) is 20.2 Å². The summed E-state index contributed by atoms with van der Waals surface area (Å²) in [6.45, 7) is 0.603. The predicted octanol–water partition coefficient (Wildman–Crippen LogP) is 2.49. The molecule has 2 saturated carbocycles. The van der Waals surface area contributed by atoms with E-state index in [1.807, 2.05) is 36.4 Å². The molecule has 2 fully saturated rings. The molecular formula is C30H37N5O6. The van der Waals surface area contributed by atoms with Gasteiger partial charge in [-0.1, -0.05) is 12.2 Å². The van der Waals surface area contributed by atoms with Gasteiger partial charge in [-0.3, -0.25) is 14.4 Å². The summed E-state index contributed by atoms with van der Waals surface area (Å²) in [6.07, 6.45) is 7.23. The number of benzene rings is 1. The van der Waals surface area contributed by atoms with Crippen LogP contribution >= 0.6 is 0 Å². The number of nitrogens with one attached hydrogen (secondary N) is 1. The first kappa shape index (κ1) is 28.4. The van der Waals surface area contributed by atoms with Gasteiger partial charge < -0.3 is 30.2 Å². The van der Waals surface area contributed by atoms with Crippen LogP contribution in [0.5, 0.6) is 17.6 Å². The summed E-state index contributed by atoms with van der Waals surface area (Å²) in [6, 6.07) is 9.25. The first-order valence-electron chi connectivity index (χ1n) is 14.0. The lowest BCUT2D eigenvalue weighted by Crippen LogP contribution is -2.51. The molecule has 0 radical (unpaired) electrons. The molecule has 218 valence electrons. The number of rotatable bonds is 6. The van der Waals surface area contributed by atoms with Crippen LogP contribution in [0.15, 0.2) is 42.5 Å². The van der Waals surface area contributed by atoms with E-state index in [0.29, 0.717) is 25.1 Å². The summed E-state index contributed by atoms with van der Waals surface area (Å²) in [5, 5.41) is 2.92. The highest BCUT2D eigenvalue weighted by molar-refractivity contribution is 5.96. The number of nitrogens with two attached hydrogens (primary N) is 1. The van der Waals surface area contributed by atoms with Gasteiger partial charge in [-0.15, -0.1) is 0 Å². The third-order valence-corrected chi connectivity index (χ3v) is 8.37. The Kier molecular flexibility index (Phi) is 8.14. The predicted molar refractivity (Wildman–Crippen MR) is 150 cm³/mol. The molecule has 41 heavy (non-hydrogen) atoms. The van der Waals surface area contributed by atoms with Gasteiger partial charge in [0.25, 0.3) is 0 Å². The molecule has 1 aliphatic heterocycles. The lowest BCUT2D eigenvalue weighted by molar-refractivity contribution is -0.140. The Morgan fingerprint density at radius 2 is 1.83 bits per heavy atom. The number of hydrogen-bond donors (Lipinski definition) is 2. The normalized spacial score (nSPS) is 28.1. The highest BCUT2D eigenvalue weighted by Crippen LogP contribution is 2.46. The van der Waals surface area contributed by atoms with Gasteiger partial charge in [0, 0.05) is 31.1 Å². The highest BCUT2D eigenvalue weighted by Gasteiger charge is 2.60. The van der Waals surface area contributed by atoms with Gasteiger partial charge in [-0.05, 0) is 62.8 Å². The number of amides is 3. The van der Waals surface area contributed by atoms with Crippen molar-refractivity contribution in [2.24, 2.45) is 23.5 Å². The molecule has 5 rings (SSSR count). The minimum absolute atomic E-state index is 0.108. The Morgan fingerprint density at radius 3 is 2.54 bits per heavy atom. The number of carbonyl (C=O) groups excluding carboxylic acids is 3. The third kappa shape index (κ3) is 5.98. The second kappa shape index (κ2) is 11.8. The standard InChI is InChI=1S/C30H37N5O6/c1-35-13-7-5-4-6-8-19-17-30(19,28(31)38)34-26(36)22-14-21(15-23(22)27(35)37)41-25-16-24(32-29(33-25)40-3)18-9-11-20(39-2)12-10-18/h6,8-12,16,19,21-23H,4-5,7,13-15,17H2,1-3H3,(H2,31,38)(H,34,36). The summed E-state index contributed by atoms with van der Waals surface area (Å²) in [5.74, 6) is -1.44. The smallest absolute Gasteiger partial charge is 0.320 e. The number of fused-ring (bicyclic) bond motifs is 2. The van der Waals surface area contributed by atoms with Crippen LogP contribution < -0.4 is 25.3 Å². The van der Waals surface area contributed by atoms with E-state index >= 15 is 0 Å². The third-order valence-electron chi connectivity index (χ3n) is 8.37. The van der Waals surface area contributed by atoms with E-state index < -0.39 is 29.4 Å². The van der Waals surface area contributed by atoms with Crippen LogP contribution in [-0.2, 0) is 14.4 Å². The molecule has 11 nitrogen and oxygen atoms in total. The molecular weight excluding hydrogens is 526 g/mol. The summed E-state index contributed by atoms with van der Waals surface area (Å²) in [7, 11) is 4.85. The van der Waals surface area contributed by atoms with E-state index in [0.717, 1.165) is 30.6 Å². The van der Waals surface area contributed by atoms with Crippen molar-refractivity contribution in [3.63, 3.8) is 0 Å². The minimum atomic E-state index is -1.11. The Hall–Kier alpha value is -4.15. The van der Waals surface area contributed by atoms with Crippen molar-refractivity contribution < 1.29 is 28.6 Å². The molecule has 2 aromatic rings. The Labute approximate surface area is 239 Å². The molecule has 0 spiro atoms. The first-order chi connectivity index (χ1) is 19.7. The minimum Gasteiger partial charge on any atom is -0.497 e. The van der Waals surface area contributed by atoms with E-state index in [2.05, 4.69) is 15.3 Å². The highest BCUT2D eigenvalue weighted by atomic mass is 16.5. The number of hydrogen-bond acceptors (Lipinski definition) is 8. The molecule has 11 heteroatoms. The maximum atomic E-state index is 13.6. The van der Waals surface area contributed by atoms with Gasteiger partial charge in [-0.25, -0.2) is 0 Å². The largest absolute Gasteiger partial charge is 0.497 e. The molecule has 5 unspecified atom stereocenters. The van der Waals surface area contributed by atoms with Gasteiger partial charge in [0.05, 0.1) is 31.7 Å². The number of allylic oxidation sites excluding steroid dienone is 1. The molecule has 1 aromatic carbocycles. The Morgan fingerprint density at radius 1 is 1.07 bits per heavy atom. The van der Waals surface area contributed by atoms with E-state index in [1.54, 1.807) is 25.1 Å². The molecule has 3 aliphatic rings. The zero-order valence-electron chi connectivity index (χ0n) is 23.7. The monoisotopic (exact) mass is 563 g/mol. The topological polar surface area (TPSA) is 146 Å². The number of ether oxygens (including phenoxy) is 3. The van der Waals surface area contributed by atoms with E-state index in [1.165, 1.54) is 7.11 Å². The van der Waals surface area contributed by atoms with Crippen molar-refractivity contribution in [3.8, 4) is 28.9 Å².